The summed E-state index contributed by atoms with van der Waals surface area (Å²) in [5.41, 5.74) is 0. The smallest absolute Gasteiger partial charge is 0.116 e. The third kappa shape index (κ3) is 35.6. The van der Waals surface area contributed by atoms with Crippen molar-refractivity contribution in [1.29, 1.82) is 0 Å². The highest BCUT2D eigenvalue weighted by molar-refractivity contribution is 8.52. The molecule has 59 heavy (non-hydrogen) atoms. The number of hydrogen-bond acceptors (Lipinski definition) is 1. The third-order valence-corrected chi connectivity index (χ3v) is 22.3. The highest BCUT2D eigenvalue weighted by Gasteiger charge is 2.36. The summed E-state index contributed by atoms with van der Waals surface area (Å²) in [5.74, 6) is 5.70. The zero-order valence-electron chi connectivity index (χ0n) is 42.1. The van der Waals surface area contributed by atoms with Crippen LogP contribution in [0, 0.1) is 0 Å². The lowest BCUT2D eigenvalue weighted by Crippen LogP contribution is -2.31. The lowest BCUT2D eigenvalue weighted by Gasteiger charge is -2.52. The van der Waals surface area contributed by atoms with Gasteiger partial charge < -0.3 is 4.74 Å². The van der Waals surface area contributed by atoms with Crippen molar-refractivity contribution in [2.45, 2.75) is 324 Å². The van der Waals surface area contributed by atoms with Gasteiger partial charge in [0.15, 0.2) is 0 Å². The van der Waals surface area contributed by atoms with Crippen LogP contribution in [-0.4, -0.2) is 34.0 Å². The molecule has 0 radical (unpaired) electrons. The van der Waals surface area contributed by atoms with Crippen molar-refractivity contribution in [3.63, 3.8) is 0 Å². The Hall–Kier alpha value is 0.530. The van der Waals surface area contributed by atoms with Crippen molar-refractivity contribution in [2.24, 2.45) is 0 Å². The molecule has 0 aliphatic heterocycles. The summed E-state index contributed by atoms with van der Waals surface area (Å²) < 4.78 is 8.44. The van der Waals surface area contributed by atoms with Gasteiger partial charge in [0.2, 0.25) is 0 Å². The van der Waals surface area contributed by atoms with Gasteiger partial charge in [-0.3, -0.25) is 0 Å². The molecule has 0 saturated heterocycles. The topological polar surface area (TPSA) is 9.23 Å². The van der Waals surface area contributed by atoms with E-state index in [0.29, 0.717) is 0 Å². The highest BCUT2D eigenvalue weighted by atomic mass is 32.3. The molecule has 0 aliphatic carbocycles. The summed E-state index contributed by atoms with van der Waals surface area (Å²) in [6.45, 7) is 12.6. The van der Waals surface area contributed by atoms with E-state index in [9.17, 15) is 0 Å². The first-order valence-corrected chi connectivity index (χ1v) is 31.3. The van der Waals surface area contributed by atoms with E-state index >= 15 is 0 Å². The molecule has 0 aromatic carbocycles. The van der Waals surface area contributed by atoms with Gasteiger partial charge in [0.05, 0.1) is 6.61 Å². The number of hydrogen-bond donors (Lipinski definition) is 1. The van der Waals surface area contributed by atoms with E-state index in [2.05, 4.69) is 34.6 Å². The normalized spacial score (nSPS) is 12.7. The fourth-order valence-corrected chi connectivity index (χ4v) is 17.2. The SMILES string of the molecule is CCCCCCCCCCCOC(S)=S(CCCCCCCCCCC)(CCCCCCCCCCC)(CCCCCCCCCCC)CCCCCCCCCCC. The van der Waals surface area contributed by atoms with E-state index in [4.69, 9.17) is 17.4 Å². The van der Waals surface area contributed by atoms with Gasteiger partial charge in [-0.05, 0) is 55.1 Å². The first-order valence-electron chi connectivity index (χ1n) is 28.1. The second kappa shape index (κ2) is 46.5. The minimum Gasteiger partial charge on any atom is -0.336 e. The van der Waals surface area contributed by atoms with E-state index in [-0.39, 0.29) is 0 Å². The van der Waals surface area contributed by atoms with Crippen LogP contribution < -0.4 is 0 Å². The highest BCUT2D eigenvalue weighted by Crippen LogP contribution is 2.64. The van der Waals surface area contributed by atoms with Crippen LogP contribution in [0.15, 0.2) is 0 Å². The van der Waals surface area contributed by atoms with Crippen molar-refractivity contribution < 1.29 is 4.74 Å². The molecule has 0 N–H and O–H groups in total. The van der Waals surface area contributed by atoms with Gasteiger partial charge in [0, 0.05) is 0 Å². The monoisotopic (exact) mass is 869 g/mol. The van der Waals surface area contributed by atoms with E-state index < -0.39 is 8.75 Å². The Morgan fingerprint density at radius 1 is 0.254 bits per heavy atom. The van der Waals surface area contributed by atoms with Crippen LogP contribution in [0.2, 0.25) is 0 Å². The molecule has 0 bridgehead atoms. The minimum absolute atomic E-state index is 0.909. The van der Waals surface area contributed by atoms with Crippen LogP contribution in [0.25, 0.3) is 0 Å². The van der Waals surface area contributed by atoms with Crippen LogP contribution in [0.1, 0.15) is 324 Å². The van der Waals surface area contributed by atoms with Gasteiger partial charge >= 0.3 is 0 Å². The Morgan fingerprint density at radius 2 is 0.424 bits per heavy atom. The summed E-state index contributed by atoms with van der Waals surface area (Å²) in [6, 6.07) is 0. The van der Waals surface area contributed by atoms with E-state index in [0.717, 1.165) is 6.61 Å². The van der Waals surface area contributed by atoms with E-state index in [1.807, 2.05) is 0 Å². The van der Waals surface area contributed by atoms with Crippen molar-refractivity contribution in [1.82, 2.24) is 0 Å². The van der Waals surface area contributed by atoms with Crippen LogP contribution in [0.5, 0.6) is 0 Å². The zero-order valence-corrected chi connectivity index (χ0v) is 43.8. The molecule has 1 nitrogen and oxygen atoms in total. The van der Waals surface area contributed by atoms with Gasteiger partial charge in [-0.15, -0.1) is 12.6 Å². The Morgan fingerprint density at radius 3 is 0.627 bits per heavy atom. The molecule has 0 aromatic heterocycles. The summed E-state index contributed by atoms with van der Waals surface area (Å²) in [5, 5.41) is 0. The lowest BCUT2D eigenvalue weighted by atomic mass is 10.1. The maximum absolute atomic E-state index is 7.13. The fourth-order valence-electron chi connectivity index (χ4n) is 9.86. The molecular weight excluding hydrogens is 753 g/mol. The van der Waals surface area contributed by atoms with Gasteiger partial charge in [0.1, 0.15) is 4.38 Å². The predicted octanol–water partition coefficient (Wildman–Crippen LogP) is 21.0. The zero-order chi connectivity index (χ0) is 43.1. The maximum atomic E-state index is 7.13. The van der Waals surface area contributed by atoms with Gasteiger partial charge in [-0.1, -0.05) is 291 Å². The van der Waals surface area contributed by atoms with Crippen molar-refractivity contribution in [2.75, 3.05) is 29.6 Å². The van der Waals surface area contributed by atoms with Gasteiger partial charge in [0.25, 0.3) is 0 Å². The third-order valence-electron chi connectivity index (χ3n) is 14.1. The van der Waals surface area contributed by atoms with Crippen molar-refractivity contribution in [3.05, 3.63) is 0 Å². The molecule has 0 fully saturated rings. The second-order valence-corrected chi connectivity index (χ2v) is 26.2. The van der Waals surface area contributed by atoms with Gasteiger partial charge in [-0.2, -0.15) is 0 Å². The summed E-state index contributed by atoms with van der Waals surface area (Å²) in [4.78, 5) is 0. The number of unbranched alkanes of at least 4 members (excludes halogenated alkanes) is 40. The van der Waals surface area contributed by atoms with Crippen molar-refractivity contribution >= 4 is 25.8 Å². The van der Waals surface area contributed by atoms with Crippen molar-refractivity contribution in [3.8, 4) is 0 Å². The summed E-state index contributed by atoms with van der Waals surface area (Å²) >= 11 is 5.69. The first-order chi connectivity index (χ1) is 29.0. The molecule has 0 saturated carbocycles. The molecule has 0 aliphatic rings. The van der Waals surface area contributed by atoms with Gasteiger partial charge in [-0.25, -0.2) is 8.75 Å². The molecule has 0 amide bonds. The maximum Gasteiger partial charge on any atom is 0.116 e. The molecule has 0 heterocycles. The molecule has 0 rings (SSSR count). The minimum atomic E-state index is -2.00. The standard InChI is InChI=1S/C56H116OS2/c1-6-11-16-21-26-31-36-41-46-51-57-56(58)59(52-47-42-37-32-27-22-17-12-7-2,53-48-43-38-33-28-23-18-13-8-3,54-49-44-39-34-29-24-19-14-9-4)55-50-45-40-35-30-25-20-15-10-5/h58H,6-55H2,1-5H3. The number of ether oxygens (including phenoxy) is 1. The first kappa shape index (κ1) is 59.5. The Labute approximate surface area is 381 Å². The molecule has 0 atom stereocenters. The van der Waals surface area contributed by atoms with E-state index in [1.54, 1.807) is 0 Å². The Bertz CT molecular complexity index is 770. The quantitative estimate of drug-likeness (QED) is 0.0364. The average molecular weight is 870 g/mol. The summed E-state index contributed by atoms with van der Waals surface area (Å²) in [6.07, 6.45) is 63.7. The predicted molar refractivity (Wildman–Crippen MR) is 283 cm³/mol. The fraction of sp³-hybridized carbons (Fsp3) is 0.982. The molecule has 3 heteroatoms. The average Bonchev–Trinajstić information content (AvgIpc) is 3.24. The Balaban J connectivity index is 6.16. The summed E-state index contributed by atoms with van der Waals surface area (Å²) in [7, 11) is -2.00. The number of thiol groups is 1. The molecule has 358 valence electrons. The molecule has 0 unspecified atom stereocenters. The largest absolute Gasteiger partial charge is 0.336 e. The van der Waals surface area contributed by atoms with Crippen LogP contribution >= 0.6 is 21.4 Å². The van der Waals surface area contributed by atoms with Crippen LogP contribution in [0.4, 0.5) is 0 Å². The molecule has 0 spiro atoms. The Kier molecular flexibility index (Phi) is 46.9. The molecular formula is C56H116OS2. The number of rotatable bonds is 50. The molecule has 0 aromatic rings. The lowest BCUT2D eigenvalue weighted by molar-refractivity contribution is 0.307. The van der Waals surface area contributed by atoms with Crippen LogP contribution in [0.3, 0.4) is 0 Å². The second-order valence-electron chi connectivity index (χ2n) is 19.9. The van der Waals surface area contributed by atoms with E-state index in [1.165, 1.54) is 316 Å². The van der Waals surface area contributed by atoms with Crippen LogP contribution in [-0.2, 0) is 4.74 Å².